The van der Waals surface area contributed by atoms with Gasteiger partial charge in [0.2, 0.25) is 5.91 Å². The number of nitrogens with zero attached hydrogens (tertiary/aromatic N) is 1. The molecule has 0 spiro atoms. The molecule has 2 atom stereocenters. The summed E-state index contributed by atoms with van der Waals surface area (Å²) in [6.07, 6.45) is 1.47. The Morgan fingerprint density at radius 3 is 2.50 bits per heavy atom. The lowest BCUT2D eigenvalue weighted by Gasteiger charge is -2.27. The average Bonchev–Trinajstić information content (AvgIpc) is 2.58. The predicted molar refractivity (Wildman–Crippen MR) is 67.0 cm³/mol. The molecule has 0 bridgehead atoms. The van der Waals surface area contributed by atoms with Gasteiger partial charge in [-0.05, 0) is 18.3 Å². The first kappa shape index (κ1) is 15.0. The average molecular weight is 257 g/mol. The van der Waals surface area contributed by atoms with Crippen LogP contribution in [0, 0.1) is 11.3 Å². The highest BCUT2D eigenvalue weighted by molar-refractivity contribution is 5.85. The van der Waals surface area contributed by atoms with Crippen molar-refractivity contribution in [3.8, 4) is 0 Å². The van der Waals surface area contributed by atoms with E-state index in [4.69, 9.17) is 5.11 Å². The van der Waals surface area contributed by atoms with Crippen LogP contribution in [-0.4, -0.2) is 46.2 Å². The van der Waals surface area contributed by atoms with Crippen molar-refractivity contribution in [2.75, 3.05) is 13.2 Å². The summed E-state index contributed by atoms with van der Waals surface area (Å²) in [7, 11) is 0. The molecule has 1 unspecified atom stereocenters. The maximum Gasteiger partial charge on any atom is 0.326 e. The number of hydrogen-bond acceptors (Lipinski definition) is 3. The second kappa shape index (κ2) is 5.69. The molecular weight excluding hydrogens is 234 g/mol. The summed E-state index contributed by atoms with van der Waals surface area (Å²) in [4.78, 5) is 24.5. The lowest BCUT2D eigenvalue weighted by Crippen LogP contribution is -2.42. The number of likely N-dealkylation sites (tertiary alicyclic amines) is 1. The highest BCUT2D eigenvalue weighted by atomic mass is 16.4. The van der Waals surface area contributed by atoms with E-state index in [1.807, 2.05) is 20.8 Å². The van der Waals surface area contributed by atoms with E-state index in [-0.39, 0.29) is 30.3 Å². The van der Waals surface area contributed by atoms with E-state index >= 15 is 0 Å². The normalized spacial score (nSPS) is 22.3. The fourth-order valence-electron chi connectivity index (χ4n) is 2.21. The van der Waals surface area contributed by atoms with Gasteiger partial charge in [0, 0.05) is 25.5 Å². The molecule has 5 nitrogen and oxygen atoms in total. The molecule has 0 saturated carbocycles. The Balaban J connectivity index is 2.68. The molecule has 1 aliphatic heterocycles. The van der Waals surface area contributed by atoms with Gasteiger partial charge in [-0.15, -0.1) is 0 Å². The van der Waals surface area contributed by atoms with Crippen molar-refractivity contribution in [1.29, 1.82) is 0 Å². The Kier molecular flexibility index (Phi) is 4.73. The zero-order valence-corrected chi connectivity index (χ0v) is 11.3. The smallest absolute Gasteiger partial charge is 0.326 e. The number of carboxylic acid groups (broad SMARTS) is 1. The van der Waals surface area contributed by atoms with Crippen LogP contribution in [0.4, 0.5) is 0 Å². The van der Waals surface area contributed by atoms with Crippen LogP contribution in [0.15, 0.2) is 0 Å². The van der Waals surface area contributed by atoms with Gasteiger partial charge in [-0.2, -0.15) is 0 Å². The summed E-state index contributed by atoms with van der Waals surface area (Å²) in [5.41, 5.74) is 0.0485. The molecule has 1 fully saturated rings. The predicted octanol–water partition coefficient (Wildman–Crippen LogP) is 1.11. The van der Waals surface area contributed by atoms with Crippen LogP contribution in [0.5, 0.6) is 0 Å². The van der Waals surface area contributed by atoms with Crippen LogP contribution in [0.2, 0.25) is 0 Å². The Hall–Kier alpha value is -1.10. The van der Waals surface area contributed by atoms with Crippen molar-refractivity contribution in [1.82, 2.24) is 4.90 Å². The van der Waals surface area contributed by atoms with E-state index in [0.717, 1.165) is 6.42 Å². The minimum atomic E-state index is -0.953. The van der Waals surface area contributed by atoms with Crippen LogP contribution in [0.3, 0.4) is 0 Å². The number of aliphatic hydroxyl groups excluding tert-OH is 1. The summed E-state index contributed by atoms with van der Waals surface area (Å²) in [5, 5.41) is 18.3. The maximum absolute atomic E-state index is 11.8. The van der Waals surface area contributed by atoms with Crippen molar-refractivity contribution in [3.05, 3.63) is 0 Å². The number of carboxylic acids is 1. The highest BCUT2D eigenvalue weighted by Gasteiger charge is 2.37. The molecule has 2 N–H and O–H groups in total. The van der Waals surface area contributed by atoms with Gasteiger partial charge >= 0.3 is 5.97 Å². The van der Waals surface area contributed by atoms with E-state index < -0.39 is 12.0 Å². The first-order chi connectivity index (χ1) is 8.24. The molecule has 0 radical (unpaired) electrons. The Bertz CT molecular complexity index is 321. The van der Waals surface area contributed by atoms with Crippen molar-refractivity contribution >= 4 is 11.9 Å². The van der Waals surface area contributed by atoms with E-state index in [2.05, 4.69) is 0 Å². The third-order valence-corrected chi connectivity index (χ3v) is 3.33. The van der Waals surface area contributed by atoms with Gasteiger partial charge in [-0.3, -0.25) is 4.79 Å². The second-order valence-electron chi connectivity index (χ2n) is 6.25. The van der Waals surface area contributed by atoms with Crippen molar-refractivity contribution in [2.24, 2.45) is 11.3 Å². The van der Waals surface area contributed by atoms with Crippen molar-refractivity contribution < 1.29 is 19.8 Å². The summed E-state index contributed by atoms with van der Waals surface area (Å²) in [5.74, 6) is -1.23. The lowest BCUT2D eigenvalue weighted by molar-refractivity contribution is -0.148. The minimum Gasteiger partial charge on any atom is -0.480 e. The SMILES string of the molecule is CC(C)(C)CC[C@@H](C(=O)O)N1CC(CO)CC1=O. The van der Waals surface area contributed by atoms with Gasteiger partial charge in [-0.1, -0.05) is 20.8 Å². The van der Waals surface area contributed by atoms with Crippen molar-refractivity contribution in [2.45, 2.75) is 46.1 Å². The molecule has 0 aromatic heterocycles. The fourth-order valence-corrected chi connectivity index (χ4v) is 2.21. The van der Waals surface area contributed by atoms with E-state index in [1.54, 1.807) is 0 Å². The quantitative estimate of drug-likeness (QED) is 0.773. The number of carbonyl (C=O) groups excluding carboxylic acids is 1. The van der Waals surface area contributed by atoms with Crippen LogP contribution in [0.25, 0.3) is 0 Å². The van der Waals surface area contributed by atoms with Crippen LogP contribution in [0.1, 0.15) is 40.0 Å². The first-order valence-electron chi connectivity index (χ1n) is 6.37. The molecular formula is C13H23NO4. The third kappa shape index (κ3) is 3.98. The van der Waals surface area contributed by atoms with Gasteiger partial charge in [0.25, 0.3) is 0 Å². The number of rotatable bonds is 5. The van der Waals surface area contributed by atoms with Crippen LogP contribution in [-0.2, 0) is 9.59 Å². The number of hydrogen-bond donors (Lipinski definition) is 2. The topological polar surface area (TPSA) is 77.8 Å². The van der Waals surface area contributed by atoms with Gasteiger partial charge in [0.1, 0.15) is 6.04 Å². The monoisotopic (exact) mass is 257 g/mol. The minimum absolute atomic E-state index is 0.0485. The standard InChI is InChI=1S/C13H23NO4/c1-13(2,3)5-4-10(12(17)18)14-7-9(8-15)6-11(14)16/h9-10,15H,4-8H2,1-3H3,(H,17,18)/t9?,10-/m0/s1. The molecule has 1 amide bonds. The van der Waals surface area contributed by atoms with Crippen LogP contribution < -0.4 is 0 Å². The lowest BCUT2D eigenvalue weighted by atomic mass is 9.88. The third-order valence-electron chi connectivity index (χ3n) is 3.33. The Labute approximate surface area is 108 Å². The number of aliphatic carboxylic acids is 1. The summed E-state index contributed by atoms with van der Waals surface area (Å²) >= 11 is 0. The molecule has 1 saturated heterocycles. The molecule has 0 aromatic rings. The number of aliphatic hydroxyl groups is 1. The number of carbonyl (C=O) groups is 2. The maximum atomic E-state index is 11.8. The number of amides is 1. The molecule has 1 rings (SSSR count). The second-order valence-corrected chi connectivity index (χ2v) is 6.25. The van der Waals surface area contributed by atoms with Gasteiger partial charge in [-0.25, -0.2) is 4.79 Å². The molecule has 1 aliphatic rings. The van der Waals surface area contributed by atoms with Gasteiger partial charge in [0.15, 0.2) is 0 Å². The van der Waals surface area contributed by atoms with E-state index in [0.29, 0.717) is 13.0 Å². The fraction of sp³-hybridized carbons (Fsp3) is 0.846. The van der Waals surface area contributed by atoms with E-state index in [9.17, 15) is 14.7 Å². The molecule has 0 aliphatic carbocycles. The zero-order valence-electron chi connectivity index (χ0n) is 11.3. The molecule has 0 aromatic carbocycles. The molecule has 5 heteroatoms. The first-order valence-corrected chi connectivity index (χ1v) is 6.37. The van der Waals surface area contributed by atoms with Crippen molar-refractivity contribution in [3.63, 3.8) is 0 Å². The molecule has 104 valence electrons. The molecule has 1 heterocycles. The Morgan fingerprint density at radius 1 is 1.50 bits per heavy atom. The van der Waals surface area contributed by atoms with Crippen LogP contribution >= 0.6 is 0 Å². The zero-order chi connectivity index (χ0) is 13.9. The Morgan fingerprint density at radius 2 is 2.11 bits per heavy atom. The summed E-state index contributed by atoms with van der Waals surface area (Å²) < 4.78 is 0. The van der Waals surface area contributed by atoms with E-state index in [1.165, 1.54) is 4.90 Å². The summed E-state index contributed by atoms with van der Waals surface area (Å²) in [6.45, 7) is 6.45. The summed E-state index contributed by atoms with van der Waals surface area (Å²) in [6, 6.07) is -0.756. The highest BCUT2D eigenvalue weighted by Crippen LogP contribution is 2.27. The molecule has 18 heavy (non-hydrogen) atoms. The van der Waals surface area contributed by atoms with Gasteiger partial charge in [0.05, 0.1) is 0 Å². The van der Waals surface area contributed by atoms with Gasteiger partial charge < -0.3 is 15.1 Å². The largest absolute Gasteiger partial charge is 0.480 e.